The minimum Gasteiger partial charge on any atom is -0.461 e. The molecule has 12 nitrogen and oxygen atoms in total. The molecule has 53 heavy (non-hydrogen) atoms. The van der Waals surface area contributed by atoms with E-state index in [1.807, 2.05) is 43.0 Å². The molecule has 14 heteroatoms. The maximum Gasteiger partial charge on any atom is 0.319 e. The van der Waals surface area contributed by atoms with Crippen LogP contribution >= 0.6 is 11.6 Å². The summed E-state index contributed by atoms with van der Waals surface area (Å²) >= 11 is 6.65. The van der Waals surface area contributed by atoms with Crippen LogP contribution in [0.3, 0.4) is 0 Å². The fraction of sp³-hybridized carbons (Fsp3) is 0.410. The van der Waals surface area contributed by atoms with Gasteiger partial charge in [0.15, 0.2) is 11.6 Å². The summed E-state index contributed by atoms with van der Waals surface area (Å²) < 4.78 is 28.6. The van der Waals surface area contributed by atoms with Gasteiger partial charge in [0.1, 0.15) is 23.6 Å². The van der Waals surface area contributed by atoms with Crippen molar-refractivity contribution in [1.29, 1.82) is 5.26 Å². The lowest BCUT2D eigenvalue weighted by molar-refractivity contribution is -0.128. The van der Waals surface area contributed by atoms with Crippen molar-refractivity contribution in [2.75, 3.05) is 44.2 Å². The van der Waals surface area contributed by atoms with Crippen molar-refractivity contribution in [3.05, 3.63) is 71.2 Å². The number of aromatic nitrogens is 5. The number of fused-ring (bicyclic) bond motifs is 3. The molecule has 272 valence electrons. The Kier molecular flexibility index (Phi) is 9.43. The molecule has 0 radical (unpaired) electrons. The van der Waals surface area contributed by atoms with Crippen LogP contribution in [0.1, 0.15) is 63.6 Å². The van der Waals surface area contributed by atoms with Gasteiger partial charge in [-0.25, -0.2) is 4.39 Å². The number of pyridine rings is 1. The van der Waals surface area contributed by atoms with Gasteiger partial charge < -0.3 is 19.1 Å². The number of nitriles is 1. The van der Waals surface area contributed by atoms with Crippen LogP contribution in [-0.2, 0) is 4.79 Å². The number of benzene rings is 2. The first-order valence-electron chi connectivity index (χ1n) is 18.1. The van der Waals surface area contributed by atoms with Gasteiger partial charge in [0.05, 0.1) is 29.5 Å². The van der Waals surface area contributed by atoms with Crippen molar-refractivity contribution in [3.63, 3.8) is 0 Å². The van der Waals surface area contributed by atoms with E-state index in [-0.39, 0.29) is 53.4 Å². The number of ether oxygens (including phenoxy) is 1. The van der Waals surface area contributed by atoms with E-state index in [2.05, 4.69) is 31.1 Å². The number of hydrogen-bond donors (Lipinski definition) is 0. The number of halogens is 2. The highest BCUT2D eigenvalue weighted by Gasteiger charge is 2.45. The highest BCUT2D eigenvalue weighted by atomic mass is 35.5. The molecule has 8 rings (SSSR count). The summed E-state index contributed by atoms with van der Waals surface area (Å²) in [4.78, 5) is 38.1. The van der Waals surface area contributed by atoms with E-state index in [4.69, 9.17) is 25.8 Å². The maximum atomic E-state index is 16.9. The average molecular weight is 736 g/mol. The molecule has 3 aliphatic heterocycles. The van der Waals surface area contributed by atoms with Crippen molar-refractivity contribution in [2.45, 2.75) is 63.5 Å². The molecule has 3 aliphatic rings. The molecule has 6 heterocycles. The summed E-state index contributed by atoms with van der Waals surface area (Å²) in [5.74, 6) is 0.405. The first-order chi connectivity index (χ1) is 25.7. The first-order valence-corrected chi connectivity index (χ1v) is 18.5. The lowest BCUT2D eigenvalue weighted by atomic mass is 9.95. The average Bonchev–Trinajstić information content (AvgIpc) is 3.90. The predicted molar refractivity (Wildman–Crippen MR) is 199 cm³/mol. The standard InChI is InChI=1S/C39H39ClFN9O3/c1-24(2)36-44-30(53-47-36)11-12-31(51)50-20-19-48(22-26(50)13-16-42)37-28-21-43-34(27-9-3-7-25-8-4-10-29(40)32(25)27)33(41)35(28)45-38(46-37)52-23-39-14-5-17-49(39)18-6-15-39/h3-4,7-12,21,24,26H,5-6,13-15,17-20,22-23H2,1-2H3/b12-11+/t26-/m0/s1. The second-order valence-corrected chi connectivity index (χ2v) is 14.7. The Hall–Kier alpha value is -5.19. The second-order valence-electron chi connectivity index (χ2n) is 14.3. The van der Waals surface area contributed by atoms with Gasteiger partial charge in [-0.1, -0.05) is 60.9 Å². The quantitative estimate of drug-likeness (QED) is 0.148. The minimum atomic E-state index is -0.612. The minimum absolute atomic E-state index is 0.0739. The largest absolute Gasteiger partial charge is 0.461 e. The molecule has 0 unspecified atom stereocenters. The third kappa shape index (κ3) is 6.55. The van der Waals surface area contributed by atoms with E-state index in [1.54, 1.807) is 23.2 Å². The van der Waals surface area contributed by atoms with Gasteiger partial charge in [0.2, 0.25) is 5.91 Å². The van der Waals surface area contributed by atoms with Crippen LogP contribution in [0.2, 0.25) is 5.02 Å². The summed E-state index contributed by atoms with van der Waals surface area (Å²) in [6.45, 7) is 7.32. The summed E-state index contributed by atoms with van der Waals surface area (Å²) in [5.41, 5.74) is 0.672. The van der Waals surface area contributed by atoms with Crippen LogP contribution < -0.4 is 9.64 Å². The molecule has 0 saturated carbocycles. The van der Waals surface area contributed by atoms with Gasteiger partial charge in [-0.3, -0.25) is 14.7 Å². The fourth-order valence-corrected chi connectivity index (χ4v) is 8.36. The molecule has 3 aromatic heterocycles. The lowest BCUT2D eigenvalue weighted by Gasteiger charge is -2.41. The molecule has 1 amide bonds. The van der Waals surface area contributed by atoms with Crippen LogP contribution in [0.4, 0.5) is 10.2 Å². The van der Waals surface area contributed by atoms with Crippen molar-refractivity contribution in [1.82, 2.24) is 34.9 Å². The Labute approximate surface area is 311 Å². The van der Waals surface area contributed by atoms with Crippen LogP contribution in [-0.4, -0.2) is 91.7 Å². The van der Waals surface area contributed by atoms with Crippen LogP contribution in [0, 0.1) is 17.1 Å². The van der Waals surface area contributed by atoms with Crippen LogP contribution in [0.25, 0.3) is 39.0 Å². The maximum absolute atomic E-state index is 16.9. The third-order valence-corrected chi connectivity index (χ3v) is 11.1. The van der Waals surface area contributed by atoms with Gasteiger partial charge in [0.25, 0.3) is 5.89 Å². The molecule has 1 atom stereocenters. The first kappa shape index (κ1) is 34.9. The van der Waals surface area contributed by atoms with Gasteiger partial charge in [0, 0.05) is 59.9 Å². The molecule has 3 fully saturated rings. The summed E-state index contributed by atoms with van der Waals surface area (Å²) in [5, 5.41) is 16.2. The molecular formula is C39H39ClFN9O3. The highest BCUT2D eigenvalue weighted by Crippen LogP contribution is 2.40. The third-order valence-electron chi connectivity index (χ3n) is 10.8. The number of amides is 1. The number of anilines is 1. The van der Waals surface area contributed by atoms with E-state index in [0.29, 0.717) is 52.7 Å². The van der Waals surface area contributed by atoms with E-state index < -0.39 is 11.9 Å². The topological polar surface area (TPSA) is 137 Å². The van der Waals surface area contributed by atoms with Crippen molar-refractivity contribution < 1.29 is 18.4 Å². The molecule has 3 saturated heterocycles. The molecular weight excluding hydrogens is 697 g/mol. The van der Waals surface area contributed by atoms with E-state index >= 15 is 4.39 Å². The number of carbonyl (C=O) groups excluding carboxylic acids is 1. The number of piperazine rings is 1. The van der Waals surface area contributed by atoms with Gasteiger partial charge in [-0.05, 0) is 50.2 Å². The fourth-order valence-electron chi connectivity index (χ4n) is 8.07. The Morgan fingerprint density at radius 2 is 1.92 bits per heavy atom. The van der Waals surface area contributed by atoms with Crippen molar-refractivity contribution in [3.8, 4) is 23.3 Å². The second kappa shape index (κ2) is 14.3. The van der Waals surface area contributed by atoms with Gasteiger partial charge in [-0.15, -0.1) is 0 Å². The summed E-state index contributed by atoms with van der Waals surface area (Å²) in [6.07, 6.45) is 8.83. The van der Waals surface area contributed by atoms with E-state index in [1.165, 1.54) is 12.2 Å². The summed E-state index contributed by atoms with van der Waals surface area (Å²) in [7, 11) is 0. The van der Waals surface area contributed by atoms with E-state index in [0.717, 1.165) is 44.2 Å². The molecule has 0 aliphatic carbocycles. The summed E-state index contributed by atoms with van der Waals surface area (Å²) in [6, 6.07) is 13.0. The molecule has 5 aromatic rings. The normalized spacial score (nSPS) is 18.8. The molecule has 0 bridgehead atoms. The van der Waals surface area contributed by atoms with Gasteiger partial charge >= 0.3 is 6.01 Å². The zero-order valence-electron chi connectivity index (χ0n) is 29.6. The SMILES string of the molecule is CC(C)c1noc(/C=C/C(=O)N2CCN(c3nc(OCC45CCCN4CCC5)nc4c(F)c(-c5cccc6cccc(Cl)c56)ncc34)C[C@@H]2CC#N)n1. The number of carbonyl (C=O) groups is 1. The lowest BCUT2D eigenvalue weighted by Crippen LogP contribution is -2.55. The van der Waals surface area contributed by atoms with Crippen LogP contribution in [0.5, 0.6) is 6.01 Å². The number of rotatable bonds is 9. The van der Waals surface area contributed by atoms with Crippen molar-refractivity contribution in [2.24, 2.45) is 0 Å². The Balaban J connectivity index is 1.15. The monoisotopic (exact) mass is 735 g/mol. The molecule has 0 spiro atoms. The predicted octanol–water partition coefficient (Wildman–Crippen LogP) is 6.80. The number of nitrogens with zero attached hydrogens (tertiary/aromatic N) is 9. The van der Waals surface area contributed by atoms with E-state index in [9.17, 15) is 10.1 Å². The Morgan fingerprint density at radius 1 is 1.13 bits per heavy atom. The smallest absolute Gasteiger partial charge is 0.319 e. The zero-order chi connectivity index (χ0) is 36.7. The molecule has 0 N–H and O–H groups in total. The Morgan fingerprint density at radius 3 is 2.68 bits per heavy atom. The number of hydrogen-bond acceptors (Lipinski definition) is 11. The highest BCUT2D eigenvalue weighted by molar-refractivity contribution is 6.36. The van der Waals surface area contributed by atoms with Crippen LogP contribution in [0.15, 0.2) is 53.2 Å². The van der Waals surface area contributed by atoms with Gasteiger partial charge in [-0.2, -0.15) is 20.2 Å². The Bertz CT molecular complexity index is 2260. The molecule has 2 aromatic carbocycles. The zero-order valence-corrected chi connectivity index (χ0v) is 30.4. The van der Waals surface area contributed by atoms with Crippen molar-refractivity contribution >= 4 is 51.1 Å².